The van der Waals surface area contributed by atoms with Crippen LogP contribution >= 0.6 is 24.0 Å². The van der Waals surface area contributed by atoms with E-state index in [0.717, 1.165) is 26.0 Å². The van der Waals surface area contributed by atoms with E-state index >= 15 is 0 Å². The van der Waals surface area contributed by atoms with E-state index in [-0.39, 0.29) is 35.8 Å². The molecule has 1 atom stereocenters. The first-order valence-electron chi connectivity index (χ1n) is 8.18. The lowest BCUT2D eigenvalue weighted by Crippen LogP contribution is -2.39. The van der Waals surface area contributed by atoms with E-state index in [1.165, 1.54) is 0 Å². The van der Waals surface area contributed by atoms with Crippen LogP contribution in [0.15, 0.2) is 4.99 Å². The number of sulfonamides is 1. The van der Waals surface area contributed by atoms with Gasteiger partial charge in [-0.1, -0.05) is 0 Å². The third-order valence-electron chi connectivity index (χ3n) is 3.43. The number of rotatable bonds is 11. The molecule has 144 valence electrons. The van der Waals surface area contributed by atoms with Crippen LogP contribution in [0.4, 0.5) is 0 Å². The highest BCUT2D eigenvalue weighted by Crippen LogP contribution is 2.07. The van der Waals surface area contributed by atoms with Gasteiger partial charge in [-0.2, -0.15) is 0 Å². The number of hydrogen-bond acceptors (Lipinski definition) is 5. The van der Waals surface area contributed by atoms with Crippen molar-refractivity contribution < 1.29 is 17.9 Å². The van der Waals surface area contributed by atoms with Gasteiger partial charge in [0, 0.05) is 39.9 Å². The van der Waals surface area contributed by atoms with Gasteiger partial charge in [0.2, 0.25) is 10.0 Å². The van der Waals surface area contributed by atoms with E-state index in [2.05, 4.69) is 20.3 Å². The van der Waals surface area contributed by atoms with Crippen molar-refractivity contribution in [1.29, 1.82) is 0 Å². The van der Waals surface area contributed by atoms with Gasteiger partial charge in [0.25, 0.3) is 0 Å². The number of aliphatic imine (C=N–C) groups is 1. The lowest BCUT2D eigenvalue weighted by atomic mass is 10.3. The molecule has 0 bridgehead atoms. The van der Waals surface area contributed by atoms with Crippen LogP contribution in [0.5, 0.6) is 0 Å². The summed E-state index contributed by atoms with van der Waals surface area (Å²) in [5.74, 6) is 0.825. The van der Waals surface area contributed by atoms with Gasteiger partial charge >= 0.3 is 0 Å². The maximum atomic E-state index is 11.3. The minimum Gasteiger partial charge on any atom is -0.379 e. The molecule has 24 heavy (non-hydrogen) atoms. The van der Waals surface area contributed by atoms with Crippen molar-refractivity contribution in [2.75, 3.05) is 52.3 Å². The standard InChI is InChI=1S/C14H30N4O4S.HI/c1-3-23(19,20)18-9-4-7-16-14(15-2)17-8-5-10-22-13-6-11-21-12-13;/h13,18H,3-12H2,1-2H3,(H2,15,16,17);1H. The normalized spacial score (nSPS) is 18.2. The topological polar surface area (TPSA) is 101 Å². The van der Waals surface area contributed by atoms with E-state index in [9.17, 15) is 8.42 Å². The Morgan fingerprint density at radius 3 is 2.54 bits per heavy atom. The molecule has 0 saturated carbocycles. The first-order valence-corrected chi connectivity index (χ1v) is 9.84. The van der Waals surface area contributed by atoms with Crippen LogP contribution in [0.3, 0.4) is 0 Å². The van der Waals surface area contributed by atoms with Gasteiger partial charge in [-0.15, -0.1) is 24.0 Å². The Morgan fingerprint density at radius 1 is 1.25 bits per heavy atom. The highest BCUT2D eigenvalue weighted by Gasteiger charge is 2.15. The summed E-state index contributed by atoms with van der Waals surface area (Å²) in [6.45, 7) is 5.69. The van der Waals surface area contributed by atoms with Crippen LogP contribution in [0.25, 0.3) is 0 Å². The second-order valence-corrected chi connectivity index (χ2v) is 7.38. The molecule has 0 aliphatic carbocycles. The van der Waals surface area contributed by atoms with E-state index in [1.807, 2.05) is 0 Å². The van der Waals surface area contributed by atoms with Crippen molar-refractivity contribution >= 4 is 40.0 Å². The van der Waals surface area contributed by atoms with Crippen molar-refractivity contribution in [1.82, 2.24) is 15.4 Å². The molecule has 1 aliphatic rings. The number of ether oxygens (including phenoxy) is 2. The average Bonchev–Trinajstić information content (AvgIpc) is 3.05. The largest absolute Gasteiger partial charge is 0.379 e. The lowest BCUT2D eigenvalue weighted by Gasteiger charge is -2.13. The number of nitrogens with zero attached hydrogens (tertiary/aromatic N) is 1. The molecule has 3 N–H and O–H groups in total. The molecule has 1 heterocycles. The van der Waals surface area contributed by atoms with Crippen LogP contribution < -0.4 is 15.4 Å². The molecule has 10 heteroatoms. The van der Waals surface area contributed by atoms with E-state index < -0.39 is 10.0 Å². The number of nitrogens with one attached hydrogen (secondary N) is 3. The fourth-order valence-electron chi connectivity index (χ4n) is 2.02. The molecule has 1 rings (SSSR count). The summed E-state index contributed by atoms with van der Waals surface area (Å²) in [7, 11) is -1.39. The van der Waals surface area contributed by atoms with Crippen molar-refractivity contribution in [2.45, 2.75) is 32.3 Å². The van der Waals surface area contributed by atoms with Gasteiger partial charge in [-0.3, -0.25) is 4.99 Å². The van der Waals surface area contributed by atoms with Gasteiger partial charge in [-0.25, -0.2) is 13.1 Å². The second kappa shape index (κ2) is 14.0. The Kier molecular flexibility index (Phi) is 13.9. The molecule has 0 spiro atoms. The van der Waals surface area contributed by atoms with Crippen LogP contribution in [0, 0.1) is 0 Å². The van der Waals surface area contributed by atoms with Gasteiger partial charge in [0.15, 0.2) is 5.96 Å². The highest BCUT2D eigenvalue weighted by atomic mass is 127. The third-order valence-corrected chi connectivity index (χ3v) is 4.83. The summed E-state index contributed by atoms with van der Waals surface area (Å²) in [6, 6.07) is 0. The zero-order chi connectivity index (χ0) is 17.0. The third kappa shape index (κ3) is 11.4. The Balaban J connectivity index is 0.00000529. The molecule has 0 aromatic heterocycles. The molecular formula is C14H31IN4O4S. The number of halogens is 1. The Morgan fingerprint density at radius 2 is 1.96 bits per heavy atom. The predicted octanol–water partition coefficient (Wildman–Crippen LogP) is 0.294. The first-order chi connectivity index (χ1) is 11.1. The van der Waals surface area contributed by atoms with Crippen LogP contribution in [-0.4, -0.2) is 72.7 Å². The molecule has 1 fully saturated rings. The zero-order valence-corrected chi connectivity index (χ0v) is 17.7. The maximum Gasteiger partial charge on any atom is 0.211 e. The molecule has 1 aliphatic heterocycles. The summed E-state index contributed by atoms with van der Waals surface area (Å²) < 4.78 is 36.0. The molecule has 1 saturated heterocycles. The van der Waals surface area contributed by atoms with E-state index in [0.29, 0.717) is 38.7 Å². The summed E-state index contributed by atoms with van der Waals surface area (Å²) in [4.78, 5) is 4.12. The maximum absolute atomic E-state index is 11.3. The van der Waals surface area contributed by atoms with Crippen LogP contribution in [-0.2, 0) is 19.5 Å². The lowest BCUT2D eigenvalue weighted by molar-refractivity contribution is 0.0420. The quantitative estimate of drug-likeness (QED) is 0.171. The van der Waals surface area contributed by atoms with Crippen molar-refractivity contribution in [3.8, 4) is 0 Å². The van der Waals surface area contributed by atoms with Crippen LogP contribution in [0.2, 0.25) is 0 Å². The van der Waals surface area contributed by atoms with Gasteiger partial charge in [0.1, 0.15) is 0 Å². The molecular weight excluding hydrogens is 447 g/mol. The Bertz CT molecular complexity index is 442. The predicted molar refractivity (Wildman–Crippen MR) is 107 cm³/mol. The fraction of sp³-hybridized carbons (Fsp3) is 0.929. The van der Waals surface area contributed by atoms with Gasteiger partial charge in [-0.05, 0) is 26.2 Å². The highest BCUT2D eigenvalue weighted by molar-refractivity contribution is 14.0. The zero-order valence-electron chi connectivity index (χ0n) is 14.5. The van der Waals surface area contributed by atoms with Crippen molar-refractivity contribution in [3.05, 3.63) is 0 Å². The first kappa shape index (κ1) is 23.8. The fourth-order valence-corrected chi connectivity index (χ4v) is 2.68. The molecule has 8 nitrogen and oxygen atoms in total. The summed E-state index contributed by atoms with van der Waals surface area (Å²) in [6.07, 6.45) is 2.83. The second-order valence-electron chi connectivity index (χ2n) is 5.29. The SMILES string of the molecule is CCS(=O)(=O)NCCCNC(=NC)NCCCOC1CCOC1.I. The molecule has 0 amide bonds. The van der Waals surface area contributed by atoms with Crippen LogP contribution in [0.1, 0.15) is 26.2 Å². The summed E-state index contributed by atoms with van der Waals surface area (Å²) in [5, 5.41) is 6.35. The summed E-state index contributed by atoms with van der Waals surface area (Å²) in [5.41, 5.74) is 0. The molecule has 0 aromatic rings. The van der Waals surface area contributed by atoms with E-state index in [4.69, 9.17) is 9.47 Å². The van der Waals surface area contributed by atoms with Crippen molar-refractivity contribution in [2.24, 2.45) is 4.99 Å². The molecule has 0 aromatic carbocycles. The van der Waals surface area contributed by atoms with Gasteiger partial charge in [0.05, 0.1) is 18.5 Å². The van der Waals surface area contributed by atoms with Gasteiger partial charge < -0.3 is 20.1 Å². The Hall–Kier alpha value is -0.170. The summed E-state index contributed by atoms with van der Waals surface area (Å²) >= 11 is 0. The number of guanidine groups is 1. The minimum atomic E-state index is -3.10. The van der Waals surface area contributed by atoms with Crippen molar-refractivity contribution in [3.63, 3.8) is 0 Å². The van der Waals surface area contributed by atoms with E-state index in [1.54, 1.807) is 14.0 Å². The molecule has 0 radical (unpaired) electrons. The minimum absolute atomic E-state index is 0. The molecule has 1 unspecified atom stereocenters. The monoisotopic (exact) mass is 478 g/mol. The number of hydrogen-bond donors (Lipinski definition) is 3. The smallest absolute Gasteiger partial charge is 0.211 e. The Labute approximate surface area is 162 Å². The average molecular weight is 478 g/mol.